The van der Waals surface area contributed by atoms with E-state index in [9.17, 15) is 9.59 Å². The van der Waals surface area contributed by atoms with Gasteiger partial charge in [0.1, 0.15) is 0 Å². The van der Waals surface area contributed by atoms with E-state index in [0.717, 1.165) is 25.7 Å². The molecule has 0 radical (unpaired) electrons. The standard InChI is InChI=1S/C17H20ClN3O2S/c1-19-15(22)10-24-17-20-14-9-11(18)7-8-13(14)16(23)21(17)12-5-3-2-4-6-12/h7-9,12H,2-6,10H2,1H3,(H,19,22). The van der Waals surface area contributed by atoms with Gasteiger partial charge in [0.15, 0.2) is 5.16 Å². The second-order valence-electron chi connectivity index (χ2n) is 5.98. The molecule has 0 atom stereocenters. The van der Waals surface area contributed by atoms with Crippen LogP contribution in [0.15, 0.2) is 28.2 Å². The van der Waals surface area contributed by atoms with E-state index in [0.29, 0.717) is 21.1 Å². The van der Waals surface area contributed by atoms with Crippen molar-refractivity contribution in [2.24, 2.45) is 0 Å². The molecule has 1 saturated carbocycles. The first-order valence-corrected chi connectivity index (χ1v) is 9.51. The fourth-order valence-electron chi connectivity index (χ4n) is 3.12. The van der Waals surface area contributed by atoms with Crippen LogP contribution < -0.4 is 10.9 Å². The van der Waals surface area contributed by atoms with Gasteiger partial charge < -0.3 is 5.32 Å². The maximum Gasteiger partial charge on any atom is 0.262 e. The fourth-order valence-corrected chi connectivity index (χ4v) is 4.22. The topological polar surface area (TPSA) is 64.0 Å². The van der Waals surface area contributed by atoms with Gasteiger partial charge in [0, 0.05) is 18.1 Å². The summed E-state index contributed by atoms with van der Waals surface area (Å²) < 4.78 is 1.79. The maximum atomic E-state index is 13.0. The number of carbonyl (C=O) groups excluding carboxylic acids is 1. The molecule has 1 aliphatic carbocycles. The molecule has 0 saturated heterocycles. The van der Waals surface area contributed by atoms with Crippen molar-refractivity contribution in [2.45, 2.75) is 43.3 Å². The number of rotatable bonds is 4. The minimum Gasteiger partial charge on any atom is -0.358 e. The van der Waals surface area contributed by atoms with E-state index in [1.165, 1.54) is 18.2 Å². The van der Waals surface area contributed by atoms with Gasteiger partial charge in [-0.1, -0.05) is 42.6 Å². The third-order valence-corrected chi connectivity index (χ3v) is 5.57. The van der Waals surface area contributed by atoms with Crippen LogP contribution in [0.3, 0.4) is 0 Å². The van der Waals surface area contributed by atoms with Crippen molar-refractivity contribution in [1.82, 2.24) is 14.9 Å². The van der Waals surface area contributed by atoms with Crippen molar-refractivity contribution in [3.05, 3.63) is 33.6 Å². The van der Waals surface area contributed by atoms with Gasteiger partial charge in [-0.05, 0) is 31.0 Å². The number of hydrogen-bond donors (Lipinski definition) is 1. The molecule has 1 heterocycles. The highest BCUT2D eigenvalue weighted by atomic mass is 35.5. The van der Waals surface area contributed by atoms with Crippen molar-refractivity contribution in [1.29, 1.82) is 0 Å². The van der Waals surface area contributed by atoms with Crippen LogP contribution in [0.25, 0.3) is 10.9 Å². The summed E-state index contributed by atoms with van der Waals surface area (Å²) in [6.07, 6.45) is 5.41. The van der Waals surface area contributed by atoms with Crippen molar-refractivity contribution in [3.8, 4) is 0 Å². The van der Waals surface area contributed by atoms with E-state index in [1.54, 1.807) is 29.8 Å². The monoisotopic (exact) mass is 365 g/mol. The minimum atomic E-state index is -0.0874. The molecular weight excluding hydrogens is 346 g/mol. The van der Waals surface area contributed by atoms with Crippen LogP contribution in [0.4, 0.5) is 0 Å². The van der Waals surface area contributed by atoms with Gasteiger partial charge in [0.05, 0.1) is 16.7 Å². The summed E-state index contributed by atoms with van der Waals surface area (Å²) in [6.45, 7) is 0. The smallest absolute Gasteiger partial charge is 0.262 e. The van der Waals surface area contributed by atoms with Gasteiger partial charge in [0.25, 0.3) is 5.56 Å². The number of aromatic nitrogens is 2. The molecule has 0 spiro atoms. The number of benzene rings is 1. The summed E-state index contributed by atoms with van der Waals surface area (Å²) in [5, 5.41) is 4.33. The van der Waals surface area contributed by atoms with Crippen molar-refractivity contribution in [3.63, 3.8) is 0 Å². The second-order valence-corrected chi connectivity index (χ2v) is 7.36. The Kier molecular flexibility index (Phi) is 5.46. The van der Waals surface area contributed by atoms with Gasteiger partial charge in [-0.25, -0.2) is 4.98 Å². The molecule has 0 unspecified atom stereocenters. The zero-order valence-corrected chi connectivity index (χ0v) is 15.1. The quantitative estimate of drug-likeness (QED) is 0.666. The van der Waals surface area contributed by atoms with Gasteiger partial charge in [-0.2, -0.15) is 0 Å². The van der Waals surface area contributed by atoms with E-state index in [4.69, 9.17) is 11.6 Å². The van der Waals surface area contributed by atoms with Crippen LogP contribution in [-0.4, -0.2) is 28.3 Å². The SMILES string of the molecule is CNC(=O)CSc1nc2cc(Cl)ccc2c(=O)n1C1CCCCC1. The molecule has 128 valence electrons. The Morgan fingerprint density at radius 2 is 2.12 bits per heavy atom. The number of nitrogens with one attached hydrogen (secondary N) is 1. The molecule has 5 nitrogen and oxygen atoms in total. The average molecular weight is 366 g/mol. The molecule has 2 aromatic rings. The summed E-state index contributed by atoms with van der Waals surface area (Å²) in [6, 6.07) is 5.31. The Bertz CT molecular complexity index is 815. The summed E-state index contributed by atoms with van der Waals surface area (Å²) in [5.74, 6) is 0.150. The summed E-state index contributed by atoms with van der Waals surface area (Å²) in [5.41, 5.74) is 0.543. The lowest BCUT2D eigenvalue weighted by Crippen LogP contribution is -2.29. The van der Waals surface area contributed by atoms with Crippen LogP contribution in [-0.2, 0) is 4.79 Å². The predicted molar refractivity (Wildman–Crippen MR) is 97.9 cm³/mol. The van der Waals surface area contributed by atoms with Gasteiger partial charge in [-0.15, -0.1) is 0 Å². The van der Waals surface area contributed by atoms with Gasteiger partial charge >= 0.3 is 0 Å². The highest BCUT2D eigenvalue weighted by molar-refractivity contribution is 7.99. The molecule has 3 rings (SSSR count). The average Bonchev–Trinajstić information content (AvgIpc) is 2.60. The molecule has 7 heteroatoms. The van der Waals surface area contributed by atoms with Crippen molar-refractivity contribution in [2.75, 3.05) is 12.8 Å². The first-order valence-electron chi connectivity index (χ1n) is 8.15. The third kappa shape index (κ3) is 3.59. The first kappa shape index (κ1) is 17.3. The Morgan fingerprint density at radius 3 is 2.83 bits per heavy atom. The van der Waals surface area contributed by atoms with Crippen LogP contribution in [0.1, 0.15) is 38.1 Å². The summed E-state index contributed by atoms with van der Waals surface area (Å²) in [7, 11) is 1.60. The Morgan fingerprint density at radius 1 is 1.38 bits per heavy atom. The number of carbonyl (C=O) groups is 1. The third-order valence-electron chi connectivity index (χ3n) is 4.38. The zero-order valence-electron chi connectivity index (χ0n) is 13.5. The van der Waals surface area contributed by atoms with Gasteiger partial charge in [-0.3, -0.25) is 14.2 Å². The van der Waals surface area contributed by atoms with Crippen molar-refractivity contribution >= 4 is 40.2 Å². The lowest BCUT2D eigenvalue weighted by Gasteiger charge is -2.26. The van der Waals surface area contributed by atoms with E-state index in [1.807, 2.05) is 0 Å². The fraction of sp³-hybridized carbons (Fsp3) is 0.471. The predicted octanol–water partition coefficient (Wildman–Crippen LogP) is 3.39. The number of hydrogen-bond acceptors (Lipinski definition) is 4. The number of amides is 1. The molecule has 24 heavy (non-hydrogen) atoms. The van der Waals surface area contributed by atoms with E-state index in [-0.39, 0.29) is 23.3 Å². The number of fused-ring (bicyclic) bond motifs is 1. The lowest BCUT2D eigenvalue weighted by molar-refractivity contribution is -0.118. The molecule has 1 amide bonds. The maximum absolute atomic E-state index is 13.0. The number of halogens is 1. The Labute approximate surface area is 149 Å². The van der Waals surface area contributed by atoms with Crippen LogP contribution in [0.2, 0.25) is 5.02 Å². The molecule has 0 aliphatic heterocycles. The summed E-state index contributed by atoms with van der Waals surface area (Å²) >= 11 is 7.35. The highest BCUT2D eigenvalue weighted by Crippen LogP contribution is 2.31. The largest absolute Gasteiger partial charge is 0.358 e. The van der Waals surface area contributed by atoms with Crippen LogP contribution >= 0.6 is 23.4 Å². The van der Waals surface area contributed by atoms with Crippen LogP contribution in [0, 0.1) is 0 Å². The molecule has 1 aromatic carbocycles. The Hall–Kier alpha value is -1.53. The van der Waals surface area contributed by atoms with E-state index >= 15 is 0 Å². The number of thioether (sulfide) groups is 1. The molecule has 1 fully saturated rings. The zero-order chi connectivity index (χ0) is 17.1. The van der Waals surface area contributed by atoms with Gasteiger partial charge in [0.2, 0.25) is 5.91 Å². The molecule has 1 aliphatic rings. The molecular formula is C17H20ClN3O2S. The Balaban J connectivity index is 2.09. The number of nitrogens with zero attached hydrogens (tertiary/aromatic N) is 2. The second kappa shape index (κ2) is 7.57. The lowest BCUT2D eigenvalue weighted by atomic mass is 9.95. The van der Waals surface area contributed by atoms with E-state index in [2.05, 4.69) is 10.3 Å². The molecule has 1 aromatic heterocycles. The minimum absolute atomic E-state index is 0.0389. The molecule has 1 N–H and O–H groups in total. The molecule has 0 bridgehead atoms. The first-order chi connectivity index (χ1) is 11.6. The summed E-state index contributed by atoms with van der Waals surface area (Å²) in [4.78, 5) is 29.3. The van der Waals surface area contributed by atoms with Crippen molar-refractivity contribution < 1.29 is 4.79 Å². The normalized spacial score (nSPS) is 15.6. The van der Waals surface area contributed by atoms with E-state index < -0.39 is 0 Å². The highest BCUT2D eigenvalue weighted by Gasteiger charge is 2.22. The van der Waals surface area contributed by atoms with Crippen LogP contribution in [0.5, 0.6) is 0 Å².